The van der Waals surface area contributed by atoms with Crippen molar-refractivity contribution in [3.63, 3.8) is 0 Å². The van der Waals surface area contributed by atoms with Crippen LogP contribution in [0.15, 0.2) is 18.2 Å². The minimum absolute atomic E-state index is 0.00378. The number of aromatic amines is 1. The topological polar surface area (TPSA) is 54.1 Å². The molecule has 1 aromatic carbocycles. The Morgan fingerprint density at radius 3 is 3.00 bits per heavy atom. The average Bonchev–Trinajstić information content (AvgIpc) is 3.14. The molecule has 0 fully saturated rings. The Bertz CT molecular complexity index is 675. The maximum absolute atomic E-state index is 12.4. The molecule has 2 N–H and O–H groups in total. The second kappa shape index (κ2) is 7.64. The number of H-pyrrole nitrogens is 1. The van der Waals surface area contributed by atoms with Crippen molar-refractivity contribution in [2.24, 2.45) is 0 Å². The summed E-state index contributed by atoms with van der Waals surface area (Å²) in [6.45, 7) is 4.33. The Morgan fingerprint density at radius 1 is 1.26 bits per heavy atom. The van der Waals surface area contributed by atoms with Crippen molar-refractivity contribution in [3.05, 3.63) is 35.0 Å². The van der Waals surface area contributed by atoms with Crippen LogP contribution in [0.25, 0.3) is 10.9 Å². The number of carbonyl (C=O) groups is 1. The summed E-state index contributed by atoms with van der Waals surface area (Å²) in [6.07, 6.45) is 6.54. The number of hydrogen-bond acceptors (Lipinski definition) is 2. The number of aryl methyl sites for hydroxylation is 2. The van der Waals surface area contributed by atoms with E-state index in [4.69, 9.17) is 4.74 Å². The van der Waals surface area contributed by atoms with Gasteiger partial charge in [0.05, 0.1) is 11.1 Å². The summed E-state index contributed by atoms with van der Waals surface area (Å²) in [6, 6.07) is 6.01. The second-order valence-electron chi connectivity index (χ2n) is 6.24. The lowest BCUT2D eigenvalue weighted by atomic mass is 10.1. The van der Waals surface area contributed by atoms with Gasteiger partial charge in [0, 0.05) is 30.8 Å². The third-order valence-corrected chi connectivity index (χ3v) is 4.52. The summed E-state index contributed by atoms with van der Waals surface area (Å²) < 4.78 is 5.52. The quantitative estimate of drug-likeness (QED) is 0.732. The molecular formula is C19H26N2O2. The van der Waals surface area contributed by atoms with Crippen LogP contribution in [0.2, 0.25) is 0 Å². The van der Waals surface area contributed by atoms with Crippen molar-refractivity contribution in [2.45, 2.75) is 45.4 Å². The largest absolute Gasteiger partial charge is 0.381 e. The summed E-state index contributed by atoms with van der Waals surface area (Å²) in [7, 11) is 0. The van der Waals surface area contributed by atoms with Gasteiger partial charge in [0.25, 0.3) is 5.91 Å². The van der Waals surface area contributed by atoms with Gasteiger partial charge in [-0.15, -0.1) is 0 Å². The number of fused-ring (bicyclic) bond motifs is 3. The van der Waals surface area contributed by atoms with Crippen LogP contribution in [-0.4, -0.2) is 30.6 Å². The van der Waals surface area contributed by atoms with Gasteiger partial charge in [-0.3, -0.25) is 4.79 Å². The first-order valence-corrected chi connectivity index (χ1v) is 8.79. The van der Waals surface area contributed by atoms with Gasteiger partial charge < -0.3 is 15.0 Å². The van der Waals surface area contributed by atoms with Gasteiger partial charge in [-0.2, -0.15) is 0 Å². The van der Waals surface area contributed by atoms with Gasteiger partial charge in [-0.1, -0.05) is 25.5 Å². The number of aromatic nitrogens is 1. The molecule has 4 heteroatoms. The first-order chi connectivity index (χ1) is 11.3. The molecule has 4 nitrogen and oxygen atoms in total. The lowest BCUT2D eigenvalue weighted by Crippen LogP contribution is -2.25. The smallest absolute Gasteiger partial charge is 0.253 e. The minimum atomic E-state index is 0.00378. The molecule has 1 heterocycles. The van der Waals surface area contributed by atoms with Gasteiger partial charge in [0.15, 0.2) is 0 Å². The highest BCUT2D eigenvalue weighted by Gasteiger charge is 2.20. The van der Waals surface area contributed by atoms with Crippen molar-refractivity contribution in [1.82, 2.24) is 10.3 Å². The van der Waals surface area contributed by atoms with Gasteiger partial charge in [-0.05, 0) is 43.7 Å². The molecule has 0 saturated carbocycles. The van der Waals surface area contributed by atoms with Crippen LogP contribution in [0, 0.1) is 0 Å². The summed E-state index contributed by atoms with van der Waals surface area (Å²) in [5.41, 5.74) is 4.46. The molecule has 0 unspecified atom stereocenters. The lowest BCUT2D eigenvalue weighted by Gasteiger charge is -2.07. The van der Waals surface area contributed by atoms with Crippen molar-refractivity contribution >= 4 is 16.8 Å². The normalized spacial score (nSPS) is 13.4. The molecule has 0 saturated heterocycles. The van der Waals surface area contributed by atoms with E-state index in [1.54, 1.807) is 0 Å². The molecule has 124 valence electrons. The molecule has 1 aliphatic carbocycles. The van der Waals surface area contributed by atoms with Gasteiger partial charge in [0.1, 0.15) is 0 Å². The van der Waals surface area contributed by atoms with Crippen LogP contribution in [0.4, 0.5) is 0 Å². The Labute approximate surface area is 137 Å². The summed E-state index contributed by atoms with van der Waals surface area (Å²) in [5, 5.41) is 4.22. The zero-order valence-electron chi connectivity index (χ0n) is 13.9. The van der Waals surface area contributed by atoms with Gasteiger partial charge in [0.2, 0.25) is 0 Å². The molecule has 1 aliphatic rings. The van der Waals surface area contributed by atoms with E-state index in [1.807, 2.05) is 12.1 Å². The average molecular weight is 314 g/mol. The van der Waals surface area contributed by atoms with E-state index in [2.05, 4.69) is 23.3 Å². The van der Waals surface area contributed by atoms with Crippen LogP contribution < -0.4 is 5.32 Å². The second-order valence-corrected chi connectivity index (χ2v) is 6.24. The molecule has 2 aromatic rings. The number of unbranched alkanes of at least 4 members (excludes halogenated alkanes) is 1. The van der Waals surface area contributed by atoms with E-state index in [0.717, 1.165) is 49.8 Å². The van der Waals surface area contributed by atoms with Crippen LogP contribution in [0.1, 0.15) is 54.2 Å². The molecule has 0 spiro atoms. The van der Waals surface area contributed by atoms with E-state index in [9.17, 15) is 4.79 Å². The number of benzene rings is 1. The summed E-state index contributed by atoms with van der Waals surface area (Å²) in [5.74, 6) is 0.00378. The zero-order valence-corrected chi connectivity index (χ0v) is 13.9. The van der Waals surface area contributed by atoms with Crippen molar-refractivity contribution in [3.8, 4) is 0 Å². The number of carbonyl (C=O) groups excluding carboxylic acids is 1. The molecule has 1 amide bonds. The Balaban J connectivity index is 1.57. The number of para-hydroxylation sites is 1. The summed E-state index contributed by atoms with van der Waals surface area (Å²) in [4.78, 5) is 15.9. The van der Waals surface area contributed by atoms with E-state index in [1.165, 1.54) is 23.1 Å². The Kier molecular flexibility index (Phi) is 5.34. The SMILES string of the molecule is CCCCOCCCNC(=O)c1cccc2c3c([nH]c12)CCC3. The number of ether oxygens (including phenoxy) is 1. The van der Waals surface area contributed by atoms with Crippen molar-refractivity contribution in [2.75, 3.05) is 19.8 Å². The maximum Gasteiger partial charge on any atom is 0.253 e. The number of amides is 1. The summed E-state index contributed by atoms with van der Waals surface area (Å²) >= 11 is 0. The minimum Gasteiger partial charge on any atom is -0.381 e. The number of nitrogens with one attached hydrogen (secondary N) is 2. The van der Waals surface area contributed by atoms with Gasteiger partial charge in [-0.25, -0.2) is 0 Å². The predicted molar refractivity (Wildman–Crippen MR) is 93.0 cm³/mol. The lowest BCUT2D eigenvalue weighted by molar-refractivity contribution is 0.0942. The third kappa shape index (κ3) is 3.58. The molecule has 1 aromatic heterocycles. The molecule has 0 atom stereocenters. The highest BCUT2D eigenvalue weighted by molar-refractivity contribution is 6.06. The Hall–Kier alpha value is -1.81. The van der Waals surface area contributed by atoms with Crippen LogP contribution in [0.5, 0.6) is 0 Å². The molecular weight excluding hydrogens is 288 g/mol. The first kappa shape index (κ1) is 16.1. The highest BCUT2D eigenvalue weighted by Crippen LogP contribution is 2.31. The maximum atomic E-state index is 12.4. The first-order valence-electron chi connectivity index (χ1n) is 8.79. The van der Waals surface area contributed by atoms with E-state index in [-0.39, 0.29) is 5.91 Å². The molecule has 0 bridgehead atoms. The fourth-order valence-electron chi connectivity index (χ4n) is 3.28. The third-order valence-electron chi connectivity index (χ3n) is 4.52. The fourth-order valence-corrected chi connectivity index (χ4v) is 3.28. The van der Waals surface area contributed by atoms with Crippen molar-refractivity contribution < 1.29 is 9.53 Å². The van der Waals surface area contributed by atoms with E-state index < -0.39 is 0 Å². The van der Waals surface area contributed by atoms with E-state index >= 15 is 0 Å². The molecule has 0 radical (unpaired) electrons. The number of rotatable bonds is 8. The van der Waals surface area contributed by atoms with E-state index in [0.29, 0.717) is 13.2 Å². The highest BCUT2D eigenvalue weighted by atomic mass is 16.5. The fraction of sp³-hybridized carbons (Fsp3) is 0.526. The zero-order chi connectivity index (χ0) is 16.1. The van der Waals surface area contributed by atoms with Crippen LogP contribution >= 0.6 is 0 Å². The van der Waals surface area contributed by atoms with Crippen LogP contribution in [0.3, 0.4) is 0 Å². The standard InChI is InChI=1S/C19H26N2O2/c1-2-3-12-23-13-6-11-20-19(22)16-9-4-8-15-14-7-5-10-17(14)21-18(15)16/h4,8-9,21H,2-3,5-7,10-13H2,1H3,(H,20,22). The predicted octanol–water partition coefficient (Wildman–Crippen LogP) is 3.59. The monoisotopic (exact) mass is 314 g/mol. The van der Waals surface area contributed by atoms with Gasteiger partial charge >= 0.3 is 0 Å². The molecule has 3 rings (SSSR count). The van der Waals surface area contributed by atoms with Crippen LogP contribution in [-0.2, 0) is 17.6 Å². The van der Waals surface area contributed by atoms with Crippen molar-refractivity contribution in [1.29, 1.82) is 0 Å². The number of hydrogen-bond donors (Lipinski definition) is 2. The molecule has 0 aliphatic heterocycles. The molecule has 23 heavy (non-hydrogen) atoms. The Morgan fingerprint density at radius 2 is 2.13 bits per heavy atom.